The first kappa shape index (κ1) is 49.7. The zero-order valence-corrected chi connectivity index (χ0v) is 38.5. The molecule has 16 nitrogen and oxygen atoms in total. The summed E-state index contributed by atoms with van der Waals surface area (Å²) < 4.78 is 168. The number of sulfonamides is 1. The number of hydrogen-bond donors (Lipinski definition) is 3. The van der Waals surface area contributed by atoms with E-state index in [-0.39, 0.29) is 80.3 Å². The number of pyridine rings is 1. The Bertz CT molecular complexity index is 3020. The van der Waals surface area contributed by atoms with Crippen LogP contribution in [0.15, 0.2) is 89.5 Å². The van der Waals surface area contributed by atoms with Gasteiger partial charge in [-0.25, -0.2) is 13.1 Å². The van der Waals surface area contributed by atoms with Gasteiger partial charge >= 0.3 is 23.7 Å². The van der Waals surface area contributed by atoms with Crippen molar-refractivity contribution in [2.75, 3.05) is 87.4 Å². The van der Waals surface area contributed by atoms with Crippen molar-refractivity contribution in [3.63, 3.8) is 0 Å². The topological polar surface area (TPSA) is 185 Å². The maximum absolute atomic E-state index is 15.7. The second-order valence-electron chi connectivity index (χ2n) is 17.0. The second kappa shape index (κ2) is 18.7. The number of alkyl halides is 8. The third-order valence-corrected chi connectivity index (χ3v) is 14.2. The van der Waals surface area contributed by atoms with Crippen LogP contribution in [0.2, 0.25) is 5.02 Å². The van der Waals surface area contributed by atoms with Gasteiger partial charge in [0, 0.05) is 85.3 Å². The Labute approximate surface area is 403 Å². The van der Waals surface area contributed by atoms with E-state index in [2.05, 4.69) is 15.3 Å². The van der Waals surface area contributed by atoms with Crippen LogP contribution in [0.4, 0.5) is 63.6 Å². The molecule has 3 aromatic carbocycles. The molecule has 26 heteroatoms. The van der Waals surface area contributed by atoms with Gasteiger partial charge in [-0.3, -0.25) is 19.8 Å². The lowest BCUT2D eigenvalue weighted by atomic mass is 9.77. The van der Waals surface area contributed by atoms with Crippen LogP contribution >= 0.6 is 11.6 Å². The molecule has 5 heterocycles. The van der Waals surface area contributed by atoms with Crippen LogP contribution in [-0.4, -0.2) is 136 Å². The molecule has 9 rings (SSSR count). The molecule has 71 heavy (non-hydrogen) atoms. The summed E-state index contributed by atoms with van der Waals surface area (Å²) in [5, 5.41) is 15.6. The first-order valence-electron chi connectivity index (χ1n) is 21.9. The van der Waals surface area contributed by atoms with E-state index in [1.807, 2.05) is 4.72 Å². The van der Waals surface area contributed by atoms with Gasteiger partial charge in [0.25, 0.3) is 21.6 Å². The number of nitro benzene ring substituents is 1. The van der Waals surface area contributed by atoms with Crippen molar-refractivity contribution < 1.29 is 67.5 Å². The number of rotatable bonds is 12. The van der Waals surface area contributed by atoms with Crippen LogP contribution in [-0.2, 0) is 19.5 Å². The van der Waals surface area contributed by atoms with E-state index in [0.717, 1.165) is 41.3 Å². The molecular formula is C45H41ClF8N8O8S. The Hall–Kier alpha value is -6.28. The SMILES string of the molecule is O=C(NS(=O)(=O)c1ccc(NC[C@H]2COCCO2)c([N+](=O)[O-])c1)c1ccc(N2CCN(CC3=C(c4ccc(Cl)cc4)C(F)(F)C(F)(F)C(F)(F)C3(F)F)CC2)cc1N1CCCOc2nc3[nH]ccc3cc21. The zero-order valence-electron chi connectivity index (χ0n) is 36.9. The first-order valence-corrected chi connectivity index (χ1v) is 23.8. The Balaban J connectivity index is 1.02. The van der Waals surface area contributed by atoms with E-state index in [1.165, 1.54) is 18.2 Å². The number of benzene rings is 3. The summed E-state index contributed by atoms with van der Waals surface area (Å²) >= 11 is 5.84. The van der Waals surface area contributed by atoms with Crippen molar-refractivity contribution in [2.45, 2.75) is 41.1 Å². The highest BCUT2D eigenvalue weighted by Gasteiger charge is 2.85. The summed E-state index contributed by atoms with van der Waals surface area (Å²) in [6.07, 6.45) is 1.60. The van der Waals surface area contributed by atoms with Crippen molar-refractivity contribution in [2.24, 2.45) is 0 Å². The molecule has 2 fully saturated rings. The number of halogens is 9. The molecule has 378 valence electrons. The standard InChI is InChI=1S/C45H41ClF8N8O8S/c46-28-4-2-26(3-5-28)38-33(42(47,48)44(51,52)45(53,54)43(38,49)50)24-59-13-15-60(16-14-59)29-6-8-32(35(21-29)61-12-1-17-70-41-37(61)20-27-10-11-55-39(27)57-41)40(63)58-71(66,67)31-7-9-34(36(22-31)62(64)65)56-23-30-25-68-18-19-69-30/h2-11,20-22,30,56H,1,12-19,23-25H2,(H,55,57)(H,58,63)/t30-/m0/s1. The first-order chi connectivity index (χ1) is 33.6. The quantitative estimate of drug-likeness (QED) is 0.0619. The number of anilines is 4. The number of hydrogen-bond acceptors (Lipinski definition) is 13. The largest absolute Gasteiger partial charge is 0.476 e. The fourth-order valence-corrected chi connectivity index (χ4v) is 9.98. The van der Waals surface area contributed by atoms with Gasteiger partial charge in [-0.05, 0) is 66.6 Å². The molecule has 1 atom stereocenters. The van der Waals surface area contributed by atoms with Crippen LogP contribution in [0.3, 0.4) is 0 Å². The van der Waals surface area contributed by atoms with Gasteiger partial charge in [0.05, 0.1) is 53.6 Å². The predicted molar refractivity (Wildman–Crippen MR) is 243 cm³/mol. The number of carbonyl (C=O) groups is 1. The van der Waals surface area contributed by atoms with Crippen molar-refractivity contribution in [1.82, 2.24) is 19.6 Å². The lowest BCUT2D eigenvalue weighted by Crippen LogP contribution is -2.67. The molecule has 0 saturated carbocycles. The fourth-order valence-electron chi connectivity index (χ4n) is 8.87. The summed E-state index contributed by atoms with van der Waals surface area (Å²) in [7, 11) is -4.81. The van der Waals surface area contributed by atoms with Crippen molar-refractivity contribution >= 4 is 72.6 Å². The van der Waals surface area contributed by atoms with E-state index in [0.29, 0.717) is 42.0 Å². The van der Waals surface area contributed by atoms with Gasteiger partial charge in [-0.15, -0.1) is 0 Å². The van der Waals surface area contributed by atoms with Gasteiger partial charge in [-0.2, -0.15) is 40.1 Å². The Morgan fingerprint density at radius 1 is 0.873 bits per heavy atom. The Kier molecular flexibility index (Phi) is 13.1. The molecule has 2 aromatic heterocycles. The lowest BCUT2D eigenvalue weighted by Gasteiger charge is -2.46. The predicted octanol–water partition coefficient (Wildman–Crippen LogP) is 8.12. The molecule has 1 aliphatic carbocycles. The molecule has 1 amide bonds. The fraction of sp³-hybridized carbons (Fsp3) is 0.378. The minimum Gasteiger partial charge on any atom is -0.476 e. The third kappa shape index (κ3) is 9.06. The maximum atomic E-state index is 15.7. The highest BCUT2D eigenvalue weighted by Crippen LogP contribution is 2.64. The van der Waals surface area contributed by atoms with Crippen LogP contribution in [0.5, 0.6) is 5.88 Å². The number of carbonyl (C=O) groups excluding carboxylic acids is 1. The molecule has 3 aliphatic heterocycles. The third-order valence-electron chi connectivity index (χ3n) is 12.6. The summed E-state index contributed by atoms with van der Waals surface area (Å²) in [4.78, 5) is 37.2. The number of aromatic nitrogens is 2. The van der Waals surface area contributed by atoms with E-state index in [9.17, 15) is 40.9 Å². The maximum Gasteiger partial charge on any atom is 0.382 e. The van der Waals surface area contributed by atoms with Crippen LogP contribution < -0.4 is 24.6 Å². The van der Waals surface area contributed by atoms with Crippen LogP contribution in [0.25, 0.3) is 16.6 Å². The Morgan fingerprint density at radius 2 is 1.61 bits per heavy atom. The highest BCUT2D eigenvalue weighted by atomic mass is 35.5. The molecule has 0 radical (unpaired) electrons. The number of H-pyrrole nitrogens is 1. The Morgan fingerprint density at radius 3 is 2.31 bits per heavy atom. The van der Waals surface area contributed by atoms with Gasteiger partial charge in [0.2, 0.25) is 5.88 Å². The van der Waals surface area contributed by atoms with Crippen LogP contribution in [0.1, 0.15) is 22.3 Å². The van der Waals surface area contributed by atoms with Gasteiger partial charge in [0.1, 0.15) is 17.0 Å². The summed E-state index contributed by atoms with van der Waals surface area (Å²) in [6, 6.07) is 14.4. The molecule has 5 aromatic rings. The smallest absolute Gasteiger partial charge is 0.382 e. The molecule has 0 bridgehead atoms. The molecule has 0 spiro atoms. The van der Waals surface area contributed by atoms with E-state index in [1.54, 1.807) is 34.2 Å². The number of nitrogens with zero attached hydrogens (tertiary/aromatic N) is 5. The van der Waals surface area contributed by atoms with Crippen LogP contribution in [0, 0.1) is 10.1 Å². The number of fused-ring (bicyclic) bond motifs is 2. The molecule has 4 aliphatic rings. The summed E-state index contributed by atoms with van der Waals surface area (Å²) in [6.45, 7) is -0.354. The minimum absolute atomic E-state index is 0.0141. The molecule has 3 N–H and O–H groups in total. The van der Waals surface area contributed by atoms with E-state index < -0.39 is 84.5 Å². The second-order valence-corrected chi connectivity index (χ2v) is 19.1. The highest BCUT2D eigenvalue weighted by molar-refractivity contribution is 7.90. The van der Waals surface area contributed by atoms with Crippen molar-refractivity contribution in [1.29, 1.82) is 0 Å². The van der Waals surface area contributed by atoms with Gasteiger partial charge < -0.3 is 34.3 Å². The average molecular weight is 1040 g/mol. The number of piperazine rings is 1. The number of nitrogens with one attached hydrogen (secondary N) is 3. The summed E-state index contributed by atoms with van der Waals surface area (Å²) in [5.41, 5.74) is -4.09. The molecule has 2 saturated heterocycles. The zero-order chi connectivity index (χ0) is 50.7. The number of ether oxygens (including phenoxy) is 3. The van der Waals surface area contributed by atoms with E-state index in [4.69, 9.17) is 25.8 Å². The number of aromatic amines is 1. The normalized spacial score (nSPS) is 21.0. The number of allylic oxidation sites excluding steroid dienone is 1. The molecule has 0 unspecified atom stereocenters. The number of nitro groups is 1. The molecular weight excluding hydrogens is 1000 g/mol. The lowest BCUT2D eigenvalue weighted by molar-refractivity contribution is -0.384. The average Bonchev–Trinajstić information content (AvgIpc) is 3.70. The minimum atomic E-state index is -6.47. The van der Waals surface area contributed by atoms with E-state index >= 15 is 17.6 Å². The monoisotopic (exact) mass is 1040 g/mol. The van der Waals surface area contributed by atoms with Crippen molar-refractivity contribution in [3.8, 4) is 5.88 Å². The summed E-state index contributed by atoms with van der Waals surface area (Å²) in [5.74, 6) is -25.4. The number of amides is 1. The van der Waals surface area contributed by atoms with Crippen molar-refractivity contribution in [3.05, 3.63) is 111 Å². The van der Waals surface area contributed by atoms with Gasteiger partial charge in [0.15, 0.2) is 0 Å². The van der Waals surface area contributed by atoms with Gasteiger partial charge in [-0.1, -0.05) is 23.7 Å².